The van der Waals surface area contributed by atoms with Crippen molar-refractivity contribution in [2.24, 2.45) is 11.8 Å². The molecule has 0 aliphatic carbocycles. The molecule has 2 aliphatic rings. The van der Waals surface area contributed by atoms with Crippen LogP contribution in [0.4, 0.5) is 0 Å². The number of carbonyl (C=O) groups is 1. The van der Waals surface area contributed by atoms with Gasteiger partial charge in [-0.05, 0) is 31.8 Å². The van der Waals surface area contributed by atoms with Crippen molar-refractivity contribution in [3.63, 3.8) is 0 Å². The molecule has 3 nitrogen and oxygen atoms in total. The van der Waals surface area contributed by atoms with Crippen LogP contribution in [0.15, 0.2) is 0 Å². The molecule has 0 aromatic heterocycles. The topological polar surface area (TPSA) is 32.3 Å². The molecule has 2 saturated heterocycles. The molecular weight excluding hydrogens is 268 g/mol. The summed E-state index contributed by atoms with van der Waals surface area (Å²) in [5.74, 6) is 2.48. The lowest BCUT2D eigenvalue weighted by atomic mass is 9.96. The predicted octanol–water partition coefficient (Wildman–Crippen LogP) is 2.01. The van der Waals surface area contributed by atoms with Crippen molar-refractivity contribution in [2.45, 2.75) is 31.9 Å². The number of halogens is 1. The van der Waals surface area contributed by atoms with Crippen molar-refractivity contribution in [3.8, 4) is 0 Å². The van der Waals surface area contributed by atoms with E-state index in [2.05, 4.69) is 24.1 Å². The Bertz CT molecular complexity index is 270. The van der Waals surface area contributed by atoms with Crippen LogP contribution >= 0.6 is 24.2 Å². The van der Waals surface area contributed by atoms with Crippen LogP contribution in [0.2, 0.25) is 0 Å². The van der Waals surface area contributed by atoms with Crippen LogP contribution in [-0.2, 0) is 4.79 Å². The standard InChI is InChI=1S/C13H24N2OS.ClH/c1-10(2)12-9-15(7-8-17-12)13(16)11-3-5-14-6-4-11;/h10-12,14H,3-9H2,1-2H3;1H. The summed E-state index contributed by atoms with van der Waals surface area (Å²) >= 11 is 2.03. The predicted molar refractivity (Wildman–Crippen MR) is 80.5 cm³/mol. The first-order chi connectivity index (χ1) is 8.18. The van der Waals surface area contributed by atoms with Crippen molar-refractivity contribution in [1.82, 2.24) is 10.2 Å². The molecule has 18 heavy (non-hydrogen) atoms. The van der Waals surface area contributed by atoms with Gasteiger partial charge in [-0.25, -0.2) is 0 Å². The van der Waals surface area contributed by atoms with Gasteiger partial charge >= 0.3 is 0 Å². The molecule has 1 N–H and O–H groups in total. The Morgan fingerprint density at radius 3 is 2.61 bits per heavy atom. The third kappa shape index (κ3) is 4.04. The maximum atomic E-state index is 12.4. The van der Waals surface area contributed by atoms with E-state index in [0.29, 0.717) is 17.1 Å². The quantitative estimate of drug-likeness (QED) is 0.845. The van der Waals surface area contributed by atoms with E-state index in [0.717, 1.165) is 44.8 Å². The van der Waals surface area contributed by atoms with Crippen LogP contribution in [0, 0.1) is 11.8 Å². The van der Waals surface area contributed by atoms with Crippen molar-refractivity contribution in [2.75, 3.05) is 31.9 Å². The van der Waals surface area contributed by atoms with E-state index >= 15 is 0 Å². The number of carbonyl (C=O) groups excluding carboxylic acids is 1. The Balaban J connectivity index is 0.00000162. The lowest BCUT2D eigenvalue weighted by molar-refractivity contribution is -0.136. The van der Waals surface area contributed by atoms with Crippen LogP contribution in [0.1, 0.15) is 26.7 Å². The molecule has 0 radical (unpaired) electrons. The maximum Gasteiger partial charge on any atom is 0.225 e. The van der Waals surface area contributed by atoms with Crippen LogP contribution in [-0.4, -0.2) is 48.0 Å². The van der Waals surface area contributed by atoms with Gasteiger partial charge in [0.15, 0.2) is 0 Å². The molecule has 1 unspecified atom stereocenters. The largest absolute Gasteiger partial charge is 0.341 e. The van der Waals surface area contributed by atoms with Crippen molar-refractivity contribution < 1.29 is 4.79 Å². The van der Waals surface area contributed by atoms with E-state index in [1.165, 1.54) is 0 Å². The third-order valence-electron chi connectivity index (χ3n) is 3.84. The van der Waals surface area contributed by atoms with E-state index in [1.54, 1.807) is 0 Å². The molecular formula is C13H25ClN2OS. The number of piperidine rings is 1. The fourth-order valence-electron chi connectivity index (χ4n) is 2.61. The molecule has 2 fully saturated rings. The number of hydrogen-bond donors (Lipinski definition) is 1. The van der Waals surface area contributed by atoms with E-state index < -0.39 is 0 Å². The molecule has 0 aromatic rings. The van der Waals surface area contributed by atoms with Crippen molar-refractivity contribution in [3.05, 3.63) is 0 Å². The van der Waals surface area contributed by atoms with Crippen LogP contribution in [0.25, 0.3) is 0 Å². The zero-order chi connectivity index (χ0) is 12.3. The summed E-state index contributed by atoms with van der Waals surface area (Å²) in [6, 6.07) is 0. The summed E-state index contributed by atoms with van der Waals surface area (Å²) in [6.07, 6.45) is 2.05. The van der Waals surface area contributed by atoms with Gasteiger partial charge in [0.05, 0.1) is 0 Å². The number of thioether (sulfide) groups is 1. The lowest BCUT2D eigenvalue weighted by Crippen LogP contribution is -2.47. The van der Waals surface area contributed by atoms with E-state index in [4.69, 9.17) is 0 Å². The monoisotopic (exact) mass is 292 g/mol. The van der Waals surface area contributed by atoms with E-state index in [1.807, 2.05) is 11.8 Å². The molecule has 2 aliphatic heterocycles. The Kier molecular flexibility index (Phi) is 6.82. The smallest absolute Gasteiger partial charge is 0.225 e. The number of hydrogen-bond acceptors (Lipinski definition) is 3. The summed E-state index contributed by atoms with van der Waals surface area (Å²) in [6.45, 7) is 8.45. The highest BCUT2D eigenvalue weighted by atomic mass is 35.5. The minimum atomic E-state index is 0. The molecule has 0 spiro atoms. The molecule has 5 heteroatoms. The normalized spacial score (nSPS) is 25.9. The zero-order valence-corrected chi connectivity index (χ0v) is 13.0. The Morgan fingerprint density at radius 1 is 1.33 bits per heavy atom. The van der Waals surface area contributed by atoms with Gasteiger partial charge in [0.2, 0.25) is 5.91 Å². The summed E-state index contributed by atoms with van der Waals surface area (Å²) in [5.41, 5.74) is 0. The highest BCUT2D eigenvalue weighted by molar-refractivity contribution is 8.00. The van der Waals surface area contributed by atoms with Crippen LogP contribution in [0.5, 0.6) is 0 Å². The highest BCUT2D eigenvalue weighted by Gasteiger charge is 2.30. The summed E-state index contributed by atoms with van der Waals surface area (Å²) in [7, 11) is 0. The summed E-state index contributed by atoms with van der Waals surface area (Å²) < 4.78 is 0. The van der Waals surface area contributed by atoms with Gasteiger partial charge in [-0.2, -0.15) is 11.8 Å². The number of amides is 1. The first kappa shape index (κ1) is 16.1. The van der Waals surface area contributed by atoms with Gasteiger partial charge in [0.1, 0.15) is 0 Å². The van der Waals surface area contributed by atoms with E-state index in [-0.39, 0.29) is 18.3 Å². The van der Waals surface area contributed by atoms with Crippen LogP contribution < -0.4 is 5.32 Å². The molecule has 2 rings (SSSR count). The second-order valence-electron chi connectivity index (χ2n) is 5.46. The van der Waals surface area contributed by atoms with Gasteiger partial charge in [-0.15, -0.1) is 12.4 Å². The second kappa shape index (κ2) is 7.61. The lowest BCUT2D eigenvalue weighted by Gasteiger charge is -2.37. The first-order valence-electron chi connectivity index (χ1n) is 6.79. The zero-order valence-electron chi connectivity index (χ0n) is 11.4. The Labute approximate surface area is 121 Å². The molecule has 106 valence electrons. The average molecular weight is 293 g/mol. The van der Waals surface area contributed by atoms with Crippen molar-refractivity contribution >= 4 is 30.1 Å². The Hall–Kier alpha value is 0.0700. The molecule has 0 bridgehead atoms. The van der Waals surface area contributed by atoms with E-state index in [9.17, 15) is 4.79 Å². The van der Waals surface area contributed by atoms with Gasteiger partial charge < -0.3 is 10.2 Å². The minimum absolute atomic E-state index is 0. The number of rotatable bonds is 2. The molecule has 0 aromatic carbocycles. The van der Waals surface area contributed by atoms with Gasteiger partial charge in [0.25, 0.3) is 0 Å². The molecule has 2 heterocycles. The SMILES string of the molecule is CC(C)C1CN(C(=O)C2CCNCC2)CCS1.Cl. The maximum absolute atomic E-state index is 12.4. The summed E-state index contributed by atoms with van der Waals surface area (Å²) in [4.78, 5) is 14.5. The summed E-state index contributed by atoms with van der Waals surface area (Å²) in [5, 5.41) is 3.96. The van der Waals surface area contributed by atoms with Crippen LogP contribution in [0.3, 0.4) is 0 Å². The van der Waals surface area contributed by atoms with Gasteiger partial charge in [-0.1, -0.05) is 13.8 Å². The highest BCUT2D eigenvalue weighted by Crippen LogP contribution is 2.26. The second-order valence-corrected chi connectivity index (χ2v) is 6.81. The van der Waals surface area contributed by atoms with Crippen molar-refractivity contribution in [1.29, 1.82) is 0 Å². The average Bonchev–Trinajstić information content (AvgIpc) is 2.39. The fraction of sp³-hybridized carbons (Fsp3) is 0.923. The first-order valence-corrected chi connectivity index (χ1v) is 7.84. The third-order valence-corrected chi connectivity index (χ3v) is 5.38. The molecule has 1 atom stereocenters. The van der Waals surface area contributed by atoms with Gasteiger partial charge in [0, 0.05) is 30.0 Å². The number of nitrogens with zero attached hydrogens (tertiary/aromatic N) is 1. The fourth-order valence-corrected chi connectivity index (χ4v) is 3.90. The number of nitrogens with one attached hydrogen (secondary N) is 1. The van der Waals surface area contributed by atoms with Gasteiger partial charge in [-0.3, -0.25) is 4.79 Å². The minimum Gasteiger partial charge on any atom is -0.341 e. The molecule has 0 saturated carbocycles. The molecule has 1 amide bonds. The Morgan fingerprint density at radius 2 is 2.00 bits per heavy atom.